The Morgan fingerprint density at radius 3 is 2.17 bits per heavy atom. The molecule has 0 aromatic heterocycles. The summed E-state index contributed by atoms with van der Waals surface area (Å²) in [6, 6.07) is 8.19. The van der Waals surface area contributed by atoms with Gasteiger partial charge < -0.3 is 9.64 Å². The Morgan fingerprint density at radius 2 is 1.66 bits per heavy atom. The van der Waals surface area contributed by atoms with Crippen molar-refractivity contribution in [3.05, 3.63) is 29.8 Å². The monoisotopic (exact) mass is 417 g/mol. The van der Waals surface area contributed by atoms with Crippen molar-refractivity contribution in [2.45, 2.75) is 56.4 Å². The third-order valence-electron chi connectivity index (χ3n) is 8.02. The van der Waals surface area contributed by atoms with Gasteiger partial charge in [-0.2, -0.15) is 0 Å². The fourth-order valence-corrected chi connectivity index (χ4v) is 8.67. The second kappa shape index (κ2) is 7.00. The summed E-state index contributed by atoms with van der Waals surface area (Å²) in [7, 11) is -1.33. The van der Waals surface area contributed by atoms with Gasteiger partial charge in [-0.15, -0.1) is 0 Å². The Bertz CT molecular complexity index is 857. The van der Waals surface area contributed by atoms with Crippen molar-refractivity contribution in [2.24, 2.45) is 17.8 Å². The van der Waals surface area contributed by atoms with Crippen molar-refractivity contribution < 1.29 is 17.9 Å². The number of carbonyl (C=O) groups is 1. The predicted molar refractivity (Wildman–Crippen MR) is 112 cm³/mol. The molecular formula is C23H31NO4S. The van der Waals surface area contributed by atoms with Crippen LogP contribution in [0.15, 0.2) is 24.3 Å². The van der Waals surface area contributed by atoms with Crippen molar-refractivity contribution in [3.8, 4) is 5.75 Å². The Kier molecular flexibility index (Phi) is 4.68. The van der Waals surface area contributed by atoms with E-state index in [-0.39, 0.29) is 30.1 Å². The number of amides is 1. The van der Waals surface area contributed by atoms with Crippen LogP contribution in [0.4, 0.5) is 0 Å². The smallest absolute Gasteiger partial charge is 0.260 e. The molecule has 5 aliphatic rings. The topological polar surface area (TPSA) is 63.7 Å². The SMILES string of the molecule is CN(C(=O)COc1ccc(C23CC4CC(CC(C4)C2)C3)cc1)[C@H]1CCS(=O)(=O)C1. The van der Waals surface area contributed by atoms with Crippen LogP contribution in [0.25, 0.3) is 0 Å². The van der Waals surface area contributed by atoms with Gasteiger partial charge in [-0.05, 0) is 85.8 Å². The van der Waals surface area contributed by atoms with Gasteiger partial charge in [-0.1, -0.05) is 12.1 Å². The first-order valence-electron chi connectivity index (χ1n) is 11.0. The first-order valence-corrected chi connectivity index (χ1v) is 12.8. The van der Waals surface area contributed by atoms with Crippen LogP contribution in [0.2, 0.25) is 0 Å². The molecule has 1 amide bonds. The van der Waals surface area contributed by atoms with E-state index >= 15 is 0 Å². The molecule has 0 radical (unpaired) electrons. The largest absolute Gasteiger partial charge is 0.484 e. The zero-order chi connectivity index (χ0) is 20.2. The van der Waals surface area contributed by atoms with E-state index in [9.17, 15) is 13.2 Å². The van der Waals surface area contributed by atoms with E-state index in [0.717, 1.165) is 17.8 Å². The molecule has 4 bridgehead atoms. The fourth-order valence-electron chi connectivity index (χ4n) is 6.90. The number of benzene rings is 1. The predicted octanol–water partition coefficient (Wildman–Crippen LogP) is 3.18. The van der Waals surface area contributed by atoms with Crippen LogP contribution < -0.4 is 4.74 Å². The van der Waals surface area contributed by atoms with Crippen LogP contribution in [0.1, 0.15) is 50.5 Å². The number of sulfone groups is 1. The number of hydrogen-bond acceptors (Lipinski definition) is 4. The number of ether oxygens (including phenoxy) is 1. The molecule has 5 nitrogen and oxygen atoms in total. The van der Waals surface area contributed by atoms with Crippen LogP contribution in [-0.4, -0.2) is 50.4 Å². The molecule has 6 heteroatoms. The molecule has 1 aliphatic heterocycles. The summed E-state index contributed by atoms with van der Waals surface area (Å²) < 4.78 is 29.0. The van der Waals surface area contributed by atoms with Crippen LogP contribution in [0.3, 0.4) is 0 Å². The van der Waals surface area contributed by atoms with E-state index < -0.39 is 9.84 Å². The maximum Gasteiger partial charge on any atom is 0.260 e. The quantitative estimate of drug-likeness (QED) is 0.738. The van der Waals surface area contributed by atoms with Crippen molar-refractivity contribution >= 4 is 15.7 Å². The minimum absolute atomic E-state index is 0.0518. The highest BCUT2D eigenvalue weighted by atomic mass is 32.2. The normalized spacial score (nSPS) is 36.9. The lowest BCUT2D eigenvalue weighted by atomic mass is 9.48. The van der Waals surface area contributed by atoms with Gasteiger partial charge in [0.1, 0.15) is 5.75 Å². The Labute approximate surface area is 173 Å². The average molecular weight is 418 g/mol. The van der Waals surface area contributed by atoms with Crippen molar-refractivity contribution in [2.75, 3.05) is 25.2 Å². The number of likely N-dealkylation sites (N-methyl/N-ethyl adjacent to an activating group) is 1. The lowest BCUT2D eigenvalue weighted by Crippen LogP contribution is -2.48. The van der Waals surface area contributed by atoms with Crippen molar-refractivity contribution in [3.63, 3.8) is 0 Å². The van der Waals surface area contributed by atoms with Crippen LogP contribution in [0.5, 0.6) is 5.75 Å². The first kappa shape index (κ1) is 19.4. The second-order valence-electron chi connectivity index (χ2n) is 10.1. The minimum Gasteiger partial charge on any atom is -0.484 e. The molecule has 5 fully saturated rings. The summed E-state index contributed by atoms with van der Waals surface area (Å²) in [6.45, 7) is -0.0518. The lowest BCUT2D eigenvalue weighted by molar-refractivity contribution is -0.133. The molecule has 1 saturated heterocycles. The molecule has 1 aromatic rings. The summed E-state index contributed by atoms with van der Waals surface area (Å²) in [5, 5.41) is 0. The summed E-state index contributed by atoms with van der Waals surface area (Å²) in [5.74, 6) is 3.53. The molecule has 0 unspecified atom stereocenters. The van der Waals surface area contributed by atoms with Crippen LogP contribution in [0, 0.1) is 17.8 Å². The van der Waals surface area contributed by atoms with Gasteiger partial charge in [0.05, 0.1) is 11.5 Å². The Balaban J connectivity index is 1.20. The molecule has 0 N–H and O–H groups in total. The van der Waals surface area contributed by atoms with E-state index in [0.29, 0.717) is 17.6 Å². The molecule has 4 saturated carbocycles. The Morgan fingerprint density at radius 1 is 1.07 bits per heavy atom. The summed E-state index contributed by atoms with van der Waals surface area (Å²) in [4.78, 5) is 14.0. The highest BCUT2D eigenvalue weighted by molar-refractivity contribution is 7.91. The van der Waals surface area contributed by atoms with Crippen molar-refractivity contribution in [1.29, 1.82) is 0 Å². The van der Waals surface area contributed by atoms with Crippen LogP contribution in [-0.2, 0) is 20.0 Å². The lowest BCUT2D eigenvalue weighted by Gasteiger charge is -2.57. The fraction of sp³-hybridized carbons (Fsp3) is 0.696. The standard InChI is InChI=1S/C23H31NO4S/c1-24(20-6-7-29(26,27)15-20)22(25)14-28-21-4-2-19(3-5-21)23-11-16-8-17(12-23)10-18(9-16)13-23/h2-5,16-18,20H,6-15H2,1H3/t16?,17?,18?,20-,23?/m0/s1. The molecule has 1 aromatic carbocycles. The van der Waals surface area contributed by atoms with Gasteiger partial charge in [-0.3, -0.25) is 4.79 Å². The highest BCUT2D eigenvalue weighted by Gasteiger charge is 2.51. The molecule has 6 rings (SSSR count). The van der Waals surface area contributed by atoms with Crippen LogP contribution >= 0.6 is 0 Å². The molecule has 1 atom stereocenters. The van der Waals surface area contributed by atoms with Gasteiger partial charge in [-0.25, -0.2) is 8.42 Å². The maximum atomic E-state index is 12.4. The Hall–Kier alpha value is -1.56. The minimum atomic E-state index is -3.00. The van der Waals surface area contributed by atoms with E-state index in [2.05, 4.69) is 12.1 Å². The van der Waals surface area contributed by atoms with Gasteiger partial charge in [0.25, 0.3) is 5.91 Å². The number of nitrogens with zero attached hydrogens (tertiary/aromatic N) is 1. The molecular weight excluding hydrogens is 386 g/mol. The van der Waals surface area contributed by atoms with E-state index in [4.69, 9.17) is 4.74 Å². The van der Waals surface area contributed by atoms with Gasteiger partial charge in [0, 0.05) is 13.1 Å². The average Bonchev–Trinajstić information content (AvgIpc) is 3.04. The van der Waals surface area contributed by atoms with Gasteiger partial charge in [0.2, 0.25) is 0 Å². The molecule has 158 valence electrons. The highest BCUT2D eigenvalue weighted by Crippen LogP contribution is 2.60. The molecule has 4 aliphatic carbocycles. The maximum absolute atomic E-state index is 12.4. The summed E-state index contributed by atoms with van der Waals surface area (Å²) in [6.07, 6.45) is 8.87. The van der Waals surface area contributed by atoms with Gasteiger partial charge >= 0.3 is 0 Å². The van der Waals surface area contributed by atoms with Gasteiger partial charge in [0.15, 0.2) is 16.4 Å². The first-order chi connectivity index (χ1) is 13.8. The molecule has 29 heavy (non-hydrogen) atoms. The summed E-state index contributed by atoms with van der Waals surface area (Å²) >= 11 is 0. The summed E-state index contributed by atoms with van der Waals surface area (Å²) in [5.41, 5.74) is 1.82. The second-order valence-corrected chi connectivity index (χ2v) is 12.3. The van der Waals surface area contributed by atoms with E-state index in [1.165, 1.54) is 49.0 Å². The van der Waals surface area contributed by atoms with Crippen molar-refractivity contribution in [1.82, 2.24) is 4.90 Å². The van der Waals surface area contributed by atoms with E-state index in [1.807, 2.05) is 12.1 Å². The third-order valence-corrected chi connectivity index (χ3v) is 9.77. The molecule has 0 spiro atoms. The zero-order valence-corrected chi connectivity index (χ0v) is 18.0. The number of carbonyl (C=O) groups excluding carboxylic acids is 1. The zero-order valence-electron chi connectivity index (χ0n) is 17.2. The number of rotatable bonds is 5. The number of hydrogen-bond donors (Lipinski definition) is 0. The third kappa shape index (κ3) is 3.69. The van der Waals surface area contributed by atoms with E-state index in [1.54, 1.807) is 7.05 Å². The molecule has 1 heterocycles.